The number of urea groups is 1. The van der Waals surface area contributed by atoms with E-state index in [9.17, 15) is 43.5 Å². The van der Waals surface area contributed by atoms with Crippen LogP contribution >= 0.6 is 27.4 Å². The van der Waals surface area contributed by atoms with Crippen molar-refractivity contribution in [1.82, 2.24) is 35.5 Å². The summed E-state index contributed by atoms with van der Waals surface area (Å²) in [5.74, 6) is -0.338. The smallest absolute Gasteiger partial charge is 0.387 e. The quantitative estimate of drug-likeness (QED) is 0.0306. The molecule has 0 saturated carbocycles. The maximum absolute atomic E-state index is 12.4. The molecule has 0 bridgehead atoms. The van der Waals surface area contributed by atoms with Gasteiger partial charge < -0.3 is 65.0 Å². The number of nitrogens with one attached hydrogen (secondary N) is 3. The second-order valence-corrected chi connectivity index (χ2v) is 17.6. The summed E-state index contributed by atoms with van der Waals surface area (Å²) in [6.07, 6.45) is -0.976. The molecule has 3 unspecified atom stereocenters. The van der Waals surface area contributed by atoms with Gasteiger partial charge in [0, 0.05) is 24.0 Å². The van der Waals surface area contributed by atoms with E-state index < -0.39 is 59.2 Å². The minimum atomic E-state index is -5.46. The Balaban J connectivity index is 0.809. The maximum Gasteiger partial charge on any atom is 0.538 e. The fourth-order valence-electron chi connectivity index (χ4n) is 6.21. The molecule has 2 aromatic rings. The number of nitrogen functional groups attached to an aromatic ring is 1. The first-order valence-electron chi connectivity index (χ1n) is 18.7. The predicted molar refractivity (Wildman–Crippen MR) is 203 cm³/mol. The van der Waals surface area contributed by atoms with Crippen LogP contribution in [-0.2, 0) is 55.8 Å². The van der Waals surface area contributed by atoms with E-state index in [1.165, 1.54) is 10.9 Å². The Morgan fingerprint density at radius 1 is 0.932 bits per heavy atom. The van der Waals surface area contributed by atoms with Gasteiger partial charge in [0.25, 0.3) is 0 Å². The van der Waals surface area contributed by atoms with E-state index in [1.807, 2.05) is 11.8 Å². The number of anilines is 1. The highest BCUT2D eigenvalue weighted by Crippen LogP contribution is 2.60. The van der Waals surface area contributed by atoms with E-state index in [1.54, 1.807) is 0 Å². The Hall–Kier alpha value is -3.07. The summed E-state index contributed by atoms with van der Waals surface area (Å²) in [6, 6.07) is 0.280. The van der Waals surface area contributed by atoms with Crippen LogP contribution < -0.4 is 21.7 Å². The summed E-state index contributed by atoms with van der Waals surface area (Å²) >= 11 is 1.86. The van der Waals surface area contributed by atoms with Crippen molar-refractivity contribution in [2.75, 3.05) is 77.5 Å². The molecule has 59 heavy (non-hydrogen) atoms. The molecule has 3 aliphatic rings. The number of nitrogens with two attached hydrogens (primary N) is 1. The van der Waals surface area contributed by atoms with Gasteiger partial charge in [-0.3, -0.25) is 23.6 Å². The molecule has 3 fully saturated rings. The Labute approximate surface area is 341 Å². The number of imidazole rings is 1. The van der Waals surface area contributed by atoms with Crippen LogP contribution in [-0.4, -0.2) is 165 Å². The van der Waals surface area contributed by atoms with Gasteiger partial charge >= 0.3 is 27.6 Å². The van der Waals surface area contributed by atoms with Gasteiger partial charge in [-0.15, -0.1) is 0 Å². The number of nitrogens with zero attached hydrogens (tertiary/aromatic N) is 4. The predicted octanol–water partition coefficient (Wildman–Crippen LogP) is -0.897. The zero-order chi connectivity index (χ0) is 42.4. The van der Waals surface area contributed by atoms with Crippen LogP contribution in [0.2, 0.25) is 0 Å². The second kappa shape index (κ2) is 22.7. The lowest BCUT2D eigenvalue weighted by Gasteiger charge is -2.19. The molecule has 0 aromatic carbocycles. The highest BCUT2D eigenvalue weighted by atomic mass is 32.2. The summed E-state index contributed by atoms with van der Waals surface area (Å²) in [5, 5.41) is 30.0. The number of unbranched alkanes of at least 4 members (excludes halogenated alkanes) is 1. The van der Waals surface area contributed by atoms with E-state index in [0.29, 0.717) is 38.0 Å². The molecule has 9 N–H and O–H groups in total. The lowest BCUT2D eigenvalue weighted by atomic mass is 10.0. The van der Waals surface area contributed by atoms with E-state index in [2.05, 4.69) is 44.3 Å². The average Bonchev–Trinajstić information content (AvgIpc) is 3.94. The van der Waals surface area contributed by atoms with Gasteiger partial charge in [-0.05, 0) is 12.8 Å². The first kappa shape index (κ1) is 47.0. The van der Waals surface area contributed by atoms with E-state index in [0.717, 1.165) is 31.3 Å². The van der Waals surface area contributed by atoms with E-state index in [4.69, 9.17) is 29.4 Å². The highest BCUT2D eigenvalue weighted by molar-refractivity contribution is 8.00. The third-order valence-corrected chi connectivity index (χ3v) is 13.1. The summed E-state index contributed by atoms with van der Waals surface area (Å²) in [5.41, 5.74) is 6.13. The molecule has 3 amide bonds. The molecule has 2 aromatic heterocycles. The molecular weight excluding hydrogens is 850 g/mol. The number of aliphatic hydroxyl groups excluding tert-OH is 2. The van der Waals surface area contributed by atoms with Gasteiger partial charge in [-0.25, -0.2) is 28.9 Å². The van der Waals surface area contributed by atoms with Crippen LogP contribution in [0.15, 0.2) is 12.7 Å². The van der Waals surface area contributed by atoms with Gasteiger partial charge in [0.2, 0.25) is 5.91 Å². The number of ether oxygens (including phenoxy) is 5. The highest BCUT2D eigenvalue weighted by Gasteiger charge is 2.47. The number of rotatable bonds is 27. The normalized spacial score (nSPS) is 25.9. The monoisotopic (exact) mass is 900 g/mol. The molecule has 28 heteroatoms. The van der Waals surface area contributed by atoms with Gasteiger partial charge in [-0.2, -0.15) is 16.1 Å². The molecule has 5 rings (SSSR count). The number of amides is 3. The first-order chi connectivity index (χ1) is 28.2. The molecule has 0 aliphatic carbocycles. The van der Waals surface area contributed by atoms with Gasteiger partial charge in [0.05, 0.1) is 84.3 Å². The number of hydrogen-bond acceptors (Lipinski definition) is 20. The summed E-state index contributed by atoms with van der Waals surface area (Å²) in [7, 11) is -10.8. The largest absolute Gasteiger partial charge is 0.538 e. The number of carbonyl (C=O) groups excluding carboxylic acids is 3. The second-order valence-electron chi connectivity index (χ2n) is 13.3. The summed E-state index contributed by atoms with van der Waals surface area (Å²) in [4.78, 5) is 67.2. The van der Waals surface area contributed by atoms with Crippen LogP contribution in [0.25, 0.3) is 11.2 Å². The molecule has 0 radical (unpaired) electrons. The van der Waals surface area contributed by atoms with Crippen molar-refractivity contribution in [2.24, 2.45) is 0 Å². The number of phosphoric acid groups is 2. The Morgan fingerprint density at radius 2 is 1.63 bits per heavy atom. The van der Waals surface area contributed by atoms with Crippen LogP contribution in [0.5, 0.6) is 0 Å². The molecule has 3 aliphatic heterocycles. The fraction of sp³-hybridized carbons (Fsp3) is 0.742. The van der Waals surface area contributed by atoms with Crippen molar-refractivity contribution in [3.63, 3.8) is 0 Å². The number of carbonyl (C=O) groups is 3. The summed E-state index contributed by atoms with van der Waals surface area (Å²) < 4.78 is 65.9. The maximum atomic E-state index is 12.4. The number of hydrogen-bond donors (Lipinski definition) is 8. The third kappa shape index (κ3) is 14.5. The van der Waals surface area contributed by atoms with Crippen LogP contribution in [0.4, 0.5) is 10.6 Å². The molecule has 5 heterocycles. The Kier molecular flexibility index (Phi) is 18.1. The number of thioether (sulfide) groups is 1. The Bertz CT molecular complexity index is 1800. The van der Waals surface area contributed by atoms with Crippen LogP contribution in [0, 0.1) is 0 Å². The molecule has 25 nitrogen and oxygen atoms in total. The molecule has 332 valence electrons. The topological polar surface area (TPSA) is 346 Å². The zero-order valence-electron chi connectivity index (χ0n) is 31.8. The lowest BCUT2D eigenvalue weighted by molar-refractivity contribution is -0.137. The van der Waals surface area contributed by atoms with Gasteiger partial charge in [-0.1, -0.05) is 6.42 Å². The van der Waals surface area contributed by atoms with E-state index >= 15 is 0 Å². The number of aromatic nitrogens is 4. The minimum absolute atomic E-state index is 0.0276. The molecule has 3 saturated heterocycles. The average molecular weight is 901 g/mol. The van der Waals surface area contributed by atoms with E-state index in [-0.39, 0.29) is 74.0 Å². The van der Waals surface area contributed by atoms with Crippen LogP contribution in [0.3, 0.4) is 0 Å². The number of phosphoric ester groups is 2. The van der Waals surface area contributed by atoms with Crippen LogP contribution in [0.1, 0.15) is 38.3 Å². The van der Waals surface area contributed by atoms with Gasteiger partial charge in [0.15, 0.2) is 17.7 Å². The zero-order valence-corrected chi connectivity index (χ0v) is 34.4. The molecule has 0 spiro atoms. The SMILES string of the molecule is Nc1ncnc2c1ncn2[C@@H]1O[C@H](COP(=O)(O)OP(=O)(O)OC(=O)CCOCCOCCOCCOCCNC(=O)CCCC[C@@H]2SC[C@@H]3NC(=O)N[C@@H]32)C(O)[C@@H]1O. The van der Waals surface area contributed by atoms with Crippen molar-refractivity contribution in [3.05, 3.63) is 12.7 Å². The van der Waals surface area contributed by atoms with Crippen molar-refractivity contribution >= 4 is 62.3 Å². The standard InChI is InChI=1S/C31H50N8O17P2S/c32-28-25-29(35-17-34-28)39(18-36-25)30-27(43)26(42)20(54-30)15-53-57(45,46)56-58(47,48)55-23(41)5-7-49-9-11-51-13-14-52-12-10-50-8-6-33-22(40)4-2-1-3-21-24-19(16-59-21)37-31(44)38-24/h17-21,24,26-27,30,42-43H,1-16H2,(H,33,40)(H,45,46)(H,47,48)(H2,32,34,35)(H2,37,38,44)/t19-,20+,21-,24-,26?,27-,30+/m0/s1. The molecular formula is C31H50N8O17P2S. The van der Waals surface area contributed by atoms with Gasteiger partial charge in [0.1, 0.15) is 30.2 Å². The third-order valence-electron chi connectivity index (χ3n) is 9.04. The van der Waals surface area contributed by atoms with Crippen molar-refractivity contribution in [2.45, 2.75) is 74.0 Å². The minimum Gasteiger partial charge on any atom is -0.387 e. The molecule has 9 atom stereocenters. The lowest BCUT2D eigenvalue weighted by Crippen LogP contribution is -2.36. The van der Waals surface area contributed by atoms with Crippen molar-refractivity contribution < 1.29 is 80.6 Å². The van der Waals surface area contributed by atoms with Crippen molar-refractivity contribution in [3.8, 4) is 0 Å². The number of aliphatic hydroxyl groups is 2. The summed E-state index contributed by atoms with van der Waals surface area (Å²) in [6.45, 7) is 1.01. The fourth-order valence-corrected chi connectivity index (χ4v) is 9.80. The first-order valence-corrected chi connectivity index (χ1v) is 22.7. The number of fused-ring (bicyclic) bond motifs is 2. The Morgan fingerprint density at radius 3 is 2.36 bits per heavy atom. The van der Waals surface area contributed by atoms with Crippen molar-refractivity contribution in [1.29, 1.82) is 0 Å².